The predicted octanol–water partition coefficient (Wildman–Crippen LogP) is 2.46. The number of carbonyl (C=O) groups excluding carboxylic acids is 2. The number of likely N-dealkylation sites (tertiary alicyclic amines) is 1. The summed E-state index contributed by atoms with van der Waals surface area (Å²) in [6.45, 7) is 4.03. The van der Waals surface area contributed by atoms with Crippen LogP contribution in [0.15, 0.2) is 11.3 Å². The number of rotatable bonds is 4. The first kappa shape index (κ1) is 12.3. The minimum absolute atomic E-state index is 0.0686. The molecule has 94 valence electrons. The van der Waals surface area contributed by atoms with Crippen molar-refractivity contribution in [2.75, 3.05) is 13.1 Å². The Balaban J connectivity index is 2.28. The molecule has 1 fully saturated rings. The van der Waals surface area contributed by atoms with Crippen LogP contribution in [0.1, 0.15) is 51.9 Å². The molecular weight excluding hydrogens is 214 g/mol. The molecule has 2 aliphatic rings. The van der Waals surface area contributed by atoms with Gasteiger partial charge in [-0.1, -0.05) is 6.92 Å². The summed E-state index contributed by atoms with van der Waals surface area (Å²) in [5.74, 6) is 0.149. The van der Waals surface area contributed by atoms with Crippen LogP contribution >= 0.6 is 0 Å². The third-order valence-corrected chi connectivity index (χ3v) is 3.63. The Morgan fingerprint density at radius 2 is 1.88 bits per heavy atom. The molecule has 0 radical (unpaired) electrons. The molecule has 0 bridgehead atoms. The zero-order chi connectivity index (χ0) is 12.3. The zero-order valence-electron chi connectivity index (χ0n) is 10.6. The fourth-order valence-corrected chi connectivity index (χ4v) is 2.80. The lowest BCUT2D eigenvalue weighted by atomic mass is 9.90. The van der Waals surface area contributed by atoms with E-state index in [4.69, 9.17) is 0 Å². The Morgan fingerprint density at radius 1 is 1.18 bits per heavy atom. The van der Waals surface area contributed by atoms with Gasteiger partial charge in [0.1, 0.15) is 0 Å². The van der Waals surface area contributed by atoms with E-state index in [1.807, 2.05) is 6.92 Å². The molecule has 2 rings (SSSR count). The second-order valence-corrected chi connectivity index (χ2v) is 4.97. The minimum atomic E-state index is 0.0686. The fourth-order valence-electron chi connectivity index (χ4n) is 2.80. The van der Waals surface area contributed by atoms with Gasteiger partial charge >= 0.3 is 0 Å². The van der Waals surface area contributed by atoms with Crippen molar-refractivity contribution in [3.63, 3.8) is 0 Å². The highest BCUT2D eigenvalue weighted by Crippen LogP contribution is 2.29. The van der Waals surface area contributed by atoms with Crippen LogP contribution in [0.25, 0.3) is 0 Å². The summed E-state index contributed by atoms with van der Waals surface area (Å²) in [5.41, 5.74) is 1.59. The number of allylic oxidation sites excluding steroid dienone is 2. The first-order chi connectivity index (χ1) is 8.24. The Labute approximate surface area is 103 Å². The second-order valence-electron chi connectivity index (χ2n) is 4.97. The van der Waals surface area contributed by atoms with Crippen LogP contribution < -0.4 is 0 Å². The molecule has 0 saturated carbocycles. The molecule has 0 unspecified atom stereocenters. The molecule has 0 aromatic carbocycles. The van der Waals surface area contributed by atoms with Crippen molar-refractivity contribution >= 4 is 11.6 Å². The number of carbonyl (C=O) groups is 2. The number of hydrogen-bond donors (Lipinski definition) is 0. The van der Waals surface area contributed by atoms with Crippen LogP contribution in [0.5, 0.6) is 0 Å². The molecule has 1 aliphatic carbocycles. The highest BCUT2D eigenvalue weighted by molar-refractivity contribution is 6.21. The molecule has 3 nitrogen and oxygen atoms in total. The van der Waals surface area contributed by atoms with Crippen LogP contribution in [0, 0.1) is 0 Å². The van der Waals surface area contributed by atoms with Crippen molar-refractivity contribution in [1.82, 2.24) is 4.90 Å². The van der Waals surface area contributed by atoms with Gasteiger partial charge in [-0.25, -0.2) is 0 Å². The first-order valence-electron chi connectivity index (χ1n) is 6.78. The monoisotopic (exact) mass is 235 g/mol. The molecule has 0 aromatic rings. The summed E-state index contributed by atoms with van der Waals surface area (Å²) in [6.07, 6.45) is 6.09. The smallest absolute Gasteiger partial charge is 0.168 e. The highest BCUT2D eigenvalue weighted by atomic mass is 16.1. The Bertz CT molecular complexity index is 351. The van der Waals surface area contributed by atoms with E-state index >= 15 is 0 Å². The average molecular weight is 235 g/mol. The van der Waals surface area contributed by atoms with E-state index in [2.05, 4.69) is 4.90 Å². The molecule has 0 aromatic heterocycles. The van der Waals surface area contributed by atoms with E-state index < -0.39 is 0 Å². The number of Topliss-reactive ketones (excluding diaryl/α,β-unsaturated/α-hetero) is 2. The van der Waals surface area contributed by atoms with Gasteiger partial charge in [-0.3, -0.25) is 9.59 Å². The molecule has 0 N–H and O–H groups in total. The van der Waals surface area contributed by atoms with Gasteiger partial charge in [0.05, 0.1) is 5.57 Å². The quantitative estimate of drug-likeness (QED) is 0.702. The molecule has 17 heavy (non-hydrogen) atoms. The van der Waals surface area contributed by atoms with Gasteiger partial charge in [0.25, 0.3) is 0 Å². The number of ketones is 2. The normalized spacial score (nSPS) is 21.2. The fraction of sp³-hybridized carbons (Fsp3) is 0.714. The van der Waals surface area contributed by atoms with Gasteiger partial charge in [-0.15, -0.1) is 0 Å². The van der Waals surface area contributed by atoms with Gasteiger partial charge in [-0.2, -0.15) is 0 Å². The van der Waals surface area contributed by atoms with Crippen molar-refractivity contribution < 1.29 is 9.59 Å². The maximum atomic E-state index is 12.1. The van der Waals surface area contributed by atoms with Crippen LogP contribution in [0.3, 0.4) is 0 Å². The predicted molar refractivity (Wildman–Crippen MR) is 66.6 cm³/mol. The SMILES string of the molecule is CCCC(=O)C1=C(N2CCCC2)CCCC1=O. The van der Waals surface area contributed by atoms with E-state index in [0.29, 0.717) is 18.4 Å². The van der Waals surface area contributed by atoms with Gasteiger partial charge in [0, 0.05) is 31.6 Å². The maximum absolute atomic E-state index is 12.1. The maximum Gasteiger partial charge on any atom is 0.168 e. The summed E-state index contributed by atoms with van der Waals surface area (Å²) < 4.78 is 0. The van der Waals surface area contributed by atoms with Crippen molar-refractivity contribution in [3.8, 4) is 0 Å². The Morgan fingerprint density at radius 3 is 2.53 bits per heavy atom. The summed E-state index contributed by atoms with van der Waals surface area (Å²) in [5, 5.41) is 0. The van der Waals surface area contributed by atoms with E-state index in [1.54, 1.807) is 0 Å². The molecule has 3 heteroatoms. The Hall–Kier alpha value is -1.12. The molecule has 0 spiro atoms. The minimum Gasteiger partial charge on any atom is -0.374 e. The third kappa shape index (κ3) is 2.59. The van der Waals surface area contributed by atoms with Gasteiger partial charge in [0.15, 0.2) is 11.6 Å². The average Bonchev–Trinajstić information content (AvgIpc) is 2.82. The van der Waals surface area contributed by atoms with Gasteiger partial charge < -0.3 is 4.90 Å². The number of hydrogen-bond acceptors (Lipinski definition) is 3. The van der Waals surface area contributed by atoms with E-state index in [0.717, 1.165) is 38.0 Å². The van der Waals surface area contributed by atoms with Gasteiger partial charge in [-0.05, 0) is 32.1 Å². The molecule has 1 heterocycles. The molecule has 0 atom stereocenters. The van der Waals surface area contributed by atoms with E-state index in [9.17, 15) is 9.59 Å². The van der Waals surface area contributed by atoms with E-state index in [-0.39, 0.29) is 11.6 Å². The first-order valence-corrected chi connectivity index (χ1v) is 6.78. The molecular formula is C14H21NO2. The van der Waals surface area contributed by atoms with Crippen LogP contribution in [-0.4, -0.2) is 29.6 Å². The molecule has 1 aliphatic heterocycles. The van der Waals surface area contributed by atoms with Crippen LogP contribution in [0.2, 0.25) is 0 Å². The Kier molecular flexibility index (Phi) is 3.97. The zero-order valence-corrected chi connectivity index (χ0v) is 10.6. The third-order valence-electron chi connectivity index (χ3n) is 3.63. The largest absolute Gasteiger partial charge is 0.374 e. The summed E-state index contributed by atoms with van der Waals surface area (Å²) >= 11 is 0. The van der Waals surface area contributed by atoms with Crippen LogP contribution in [0.4, 0.5) is 0 Å². The standard InChI is InChI=1S/C14H21NO2/c1-2-6-12(16)14-11(7-5-8-13(14)17)15-9-3-4-10-15/h2-10H2,1H3. The van der Waals surface area contributed by atoms with Crippen molar-refractivity contribution in [3.05, 3.63) is 11.3 Å². The molecule has 1 saturated heterocycles. The lowest BCUT2D eigenvalue weighted by Crippen LogP contribution is -2.28. The van der Waals surface area contributed by atoms with Gasteiger partial charge in [0.2, 0.25) is 0 Å². The van der Waals surface area contributed by atoms with Crippen molar-refractivity contribution in [2.45, 2.75) is 51.9 Å². The highest BCUT2D eigenvalue weighted by Gasteiger charge is 2.29. The lowest BCUT2D eigenvalue weighted by molar-refractivity contribution is -0.122. The summed E-state index contributed by atoms with van der Waals surface area (Å²) in [7, 11) is 0. The lowest BCUT2D eigenvalue weighted by Gasteiger charge is -2.27. The molecule has 0 amide bonds. The topological polar surface area (TPSA) is 37.4 Å². The second kappa shape index (κ2) is 5.48. The van der Waals surface area contributed by atoms with Crippen LogP contribution in [-0.2, 0) is 9.59 Å². The van der Waals surface area contributed by atoms with E-state index in [1.165, 1.54) is 12.8 Å². The van der Waals surface area contributed by atoms with Crippen molar-refractivity contribution in [1.29, 1.82) is 0 Å². The van der Waals surface area contributed by atoms with Crippen molar-refractivity contribution in [2.24, 2.45) is 0 Å². The summed E-state index contributed by atoms with van der Waals surface area (Å²) in [6, 6.07) is 0. The summed E-state index contributed by atoms with van der Waals surface area (Å²) in [4.78, 5) is 26.3. The number of nitrogens with zero attached hydrogens (tertiary/aromatic N) is 1.